The topological polar surface area (TPSA) is 78.1 Å². The molecule has 0 aliphatic carbocycles. The van der Waals surface area contributed by atoms with Gasteiger partial charge in [0.05, 0.1) is 23.5 Å². The summed E-state index contributed by atoms with van der Waals surface area (Å²) in [5.41, 5.74) is 3.12. The first kappa shape index (κ1) is 18.2. The number of H-pyrrole nitrogens is 1. The van der Waals surface area contributed by atoms with Crippen LogP contribution in [-0.2, 0) is 23.0 Å². The average Bonchev–Trinajstić information content (AvgIpc) is 3.15. The van der Waals surface area contributed by atoms with Crippen molar-refractivity contribution in [3.05, 3.63) is 76.8 Å². The Morgan fingerprint density at radius 1 is 1.22 bits per heavy atom. The van der Waals surface area contributed by atoms with Crippen LogP contribution in [0.3, 0.4) is 0 Å². The minimum Gasteiger partial charge on any atom is -0.364 e. The highest BCUT2D eigenvalue weighted by atomic mass is 79.9. The van der Waals surface area contributed by atoms with Crippen LogP contribution in [-0.4, -0.2) is 31.0 Å². The van der Waals surface area contributed by atoms with Gasteiger partial charge in [-0.15, -0.1) is 0 Å². The third kappa shape index (κ3) is 4.07. The number of nitrogens with one attached hydrogen (secondary N) is 2. The lowest BCUT2D eigenvalue weighted by Crippen LogP contribution is -2.48. The first-order chi connectivity index (χ1) is 13.0. The molecule has 0 radical (unpaired) electrons. The molecule has 1 aromatic heterocycles. The normalized spacial score (nSPS) is 16.9. The van der Waals surface area contributed by atoms with Crippen LogP contribution in [0.15, 0.2) is 70.4 Å². The van der Waals surface area contributed by atoms with E-state index in [2.05, 4.69) is 47.7 Å². The van der Waals surface area contributed by atoms with Gasteiger partial charge in [-0.2, -0.15) is 0 Å². The molecule has 0 saturated carbocycles. The molecule has 1 aliphatic heterocycles. The predicted octanol–water partition coefficient (Wildman–Crippen LogP) is 3.08. The van der Waals surface area contributed by atoms with E-state index >= 15 is 0 Å². The molecule has 2 heterocycles. The summed E-state index contributed by atoms with van der Waals surface area (Å²) in [4.78, 5) is 9.72. The van der Waals surface area contributed by atoms with Crippen molar-refractivity contribution in [1.29, 1.82) is 0 Å². The summed E-state index contributed by atoms with van der Waals surface area (Å²) in [6.45, 7) is 1.19. The molecule has 0 amide bonds. The van der Waals surface area contributed by atoms with Gasteiger partial charge in [-0.3, -0.25) is 0 Å². The van der Waals surface area contributed by atoms with Gasteiger partial charge in [-0.05, 0) is 42.3 Å². The molecule has 2 aromatic carbocycles. The fourth-order valence-electron chi connectivity index (χ4n) is 3.41. The van der Waals surface area contributed by atoms with Crippen molar-refractivity contribution in [1.82, 2.24) is 14.7 Å². The van der Waals surface area contributed by atoms with Crippen LogP contribution >= 0.6 is 15.9 Å². The van der Waals surface area contributed by atoms with Crippen molar-refractivity contribution >= 4 is 31.6 Å². The molecule has 0 bridgehead atoms. The van der Waals surface area contributed by atoms with Gasteiger partial charge in [0.2, 0.25) is 10.0 Å². The van der Waals surface area contributed by atoms with Crippen molar-refractivity contribution in [2.75, 3.05) is 11.4 Å². The van der Waals surface area contributed by atoms with E-state index < -0.39 is 10.0 Å². The first-order valence-electron chi connectivity index (χ1n) is 8.60. The van der Waals surface area contributed by atoms with E-state index in [1.165, 1.54) is 0 Å². The van der Waals surface area contributed by atoms with Crippen molar-refractivity contribution in [3.8, 4) is 0 Å². The summed E-state index contributed by atoms with van der Waals surface area (Å²) in [6.07, 6.45) is 4.14. The van der Waals surface area contributed by atoms with Crippen LogP contribution in [0.25, 0.3) is 0 Å². The highest BCUT2D eigenvalue weighted by Crippen LogP contribution is 2.31. The van der Waals surface area contributed by atoms with E-state index in [4.69, 9.17) is 0 Å². The number of rotatable bonds is 5. The van der Waals surface area contributed by atoms with Crippen molar-refractivity contribution in [2.45, 2.75) is 23.9 Å². The molecule has 6 nitrogen and oxygen atoms in total. The maximum Gasteiger partial charge on any atom is 0.240 e. The van der Waals surface area contributed by atoms with E-state index in [9.17, 15) is 8.42 Å². The summed E-state index contributed by atoms with van der Waals surface area (Å²) >= 11 is 3.51. The van der Waals surface area contributed by atoms with Crippen LogP contribution in [0.5, 0.6) is 0 Å². The van der Waals surface area contributed by atoms with Crippen molar-refractivity contribution < 1.29 is 8.42 Å². The van der Waals surface area contributed by atoms with Gasteiger partial charge in [-0.25, -0.2) is 18.1 Å². The molecular weight excluding hydrogens is 428 g/mol. The molecular formula is C19H19BrN4O2S. The maximum atomic E-state index is 12.7. The Morgan fingerprint density at radius 3 is 2.78 bits per heavy atom. The summed E-state index contributed by atoms with van der Waals surface area (Å²) in [5.74, 6) is 0. The molecule has 3 aromatic rings. The Kier molecular flexibility index (Phi) is 5.03. The Bertz CT molecular complexity index is 1020. The number of nitrogens with zero attached hydrogens (tertiary/aromatic N) is 2. The van der Waals surface area contributed by atoms with Gasteiger partial charge in [0.25, 0.3) is 0 Å². The Hall–Kier alpha value is -2.16. The highest BCUT2D eigenvalue weighted by Gasteiger charge is 2.28. The van der Waals surface area contributed by atoms with E-state index in [0.717, 1.165) is 21.4 Å². The monoisotopic (exact) mass is 446 g/mol. The molecule has 1 unspecified atom stereocenters. The minimum absolute atomic E-state index is 0.226. The van der Waals surface area contributed by atoms with Crippen LogP contribution in [0.2, 0.25) is 0 Å². The molecule has 1 atom stereocenters. The number of imidazole rings is 1. The van der Waals surface area contributed by atoms with Gasteiger partial charge in [-0.1, -0.05) is 34.1 Å². The summed E-state index contributed by atoms with van der Waals surface area (Å²) in [5, 5.41) is 0. The zero-order chi connectivity index (χ0) is 18.9. The highest BCUT2D eigenvalue weighted by molar-refractivity contribution is 9.10. The second-order valence-electron chi connectivity index (χ2n) is 6.55. The molecule has 2 N–H and O–H groups in total. The number of aromatic amines is 1. The predicted molar refractivity (Wildman–Crippen MR) is 108 cm³/mol. The van der Waals surface area contributed by atoms with Crippen LogP contribution in [0, 0.1) is 0 Å². The molecule has 0 spiro atoms. The third-order valence-electron chi connectivity index (χ3n) is 4.57. The summed E-state index contributed by atoms with van der Waals surface area (Å²) < 4.78 is 29.3. The lowest BCUT2D eigenvalue weighted by Gasteiger charge is -2.36. The number of halogens is 1. The van der Waals surface area contributed by atoms with Gasteiger partial charge in [0.15, 0.2) is 0 Å². The lowest BCUT2D eigenvalue weighted by atomic mass is 9.98. The second kappa shape index (κ2) is 7.46. The molecule has 0 fully saturated rings. The zero-order valence-corrected chi connectivity index (χ0v) is 16.9. The largest absolute Gasteiger partial charge is 0.364 e. The fourth-order valence-corrected chi connectivity index (χ4v) is 5.07. The quantitative estimate of drug-likeness (QED) is 0.630. The first-order valence-corrected chi connectivity index (χ1v) is 10.9. The molecule has 4 rings (SSSR count). The molecule has 0 saturated heterocycles. The van der Waals surface area contributed by atoms with E-state index in [1.54, 1.807) is 36.7 Å². The van der Waals surface area contributed by atoms with E-state index in [1.807, 2.05) is 12.3 Å². The number of anilines is 1. The standard InChI is InChI=1S/C19H19BrN4O2S/c20-15-6-7-19-14(8-15)9-16(11-24(19)12-17-10-21-13-22-17)23-27(25,26)18-4-2-1-3-5-18/h1-8,10,13,16,23H,9,11-12H2,(H,21,22). The minimum atomic E-state index is -3.57. The number of aromatic nitrogens is 2. The van der Waals surface area contributed by atoms with E-state index in [-0.39, 0.29) is 10.9 Å². The molecule has 27 heavy (non-hydrogen) atoms. The van der Waals surface area contributed by atoms with Crippen LogP contribution in [0.4, 0.5) is 5.69 Å². The average molecular weight is 447 g/mol. The Labute approximate surface area is 166 Å². The van der Waals surface area contributed by atoms with Crippen LogP contribution in [0.1, 0.15) is 11.3 Å². The van der Waals surface area contributed by atoms with Crippen molar-refractivity contribution in [2.24, 2.45) is 0 Å². The van der Waals surface area contributed by atoms with Gasteiger partial charge < -0.3 is 9.88 Å². The number of hydrogen-bond acceptors (Lipinski definition) is 4. The maximum absolute atomic E-state index is 12.7. The van der Waals surface area contributed by atoms with E-state index in [0.29, 0.717) is 19.5 Å². The number of fused-ring (bicyclic) bond motifs is 1. The SMILES string of the molecule is O=S(=O)(NC1Cc2cc(Br)ccc2N(Cc2c[nH]cn2)C1)c1ccccc1. The molecule has 1 aliphatic rings. The second-order valence-corrected chi connectivity index (χ2v) is 9.18. The number of benzene rings is 2. The lowest BCUT2D eigenvalue weighted by molar-refractivity contribution is 0.523. The molecule has 140 valence electrons. The summed E-state index contributed by atoms with van der Waals surface area (Å²) in [7, 11) is -3.57. The fraction of sp³-hybridized carbons (Fsp3) is 0.211. The van der Waals surface area contributed by atoms with Gasteiger partial charge in [0.1, 0.15) is 0 Å². The Morgan fingerprint density at radius 2 is 2.04 bits per heavy atom. The summed E-state index contributed by atoms with van der Waals surface area (Å²) in [6, 6.07) is 14.4. The smallest absolute Gasteiger partial charge is 0.240 e. The number of sulfonamides is 1. The Balaban J connectivity index is 1.61. The van der Waals surface area contributed by atoms with Crippen molar-refractivity contribution in [3.63, 3.8) is 0 Å². The van der Waals surface area contributed by atoms with Gasteiger partial charge in [0, 0.05) is 28.9 Å². The van der Waals surface area contributed by atoms with Gasteiger partial charge >= 0.3 is 0 Å². The number of hydrogen-bond donors (Lipinski definition) is 2. The zero-order valence-electron chi connectivity index (χ0n) is 14.5. The third-order valence-corrected chi connectivity index (χ3v) is 6.60. The van der Waals surface area contributed by atoms with Crippen LogP contribution < -0.4 is 9.62 Å². The molecule has 8 heteroatoms.